The Morgan fingerprint density at radius 1 is 1.23 bits per heavy atom. The minimum absolute atomic E-state index is 0.0418. The molecule has 7 heteroatoms. The van der Waals surface area contributed by atoms with Gasteiger partial charge >= 0.3 is 6.18 Å². The fourth-order valence-corrected chi connectivity index (χ4v) is 4.32. The second-order valence-corrected chi connectivity index (χ2v) is 8.30. The average Bonchev–Trinajstić information content (AvgIpc) is 2.72. The summed E-state index contributed by atoms with van der Waals surface area (Å²) in [7, 11) is 0. The number of fused-ring (bicyclic) bond motifs is 1. The molecule has 1 aliphatic heterocycles. The zero-order valence-corrected chi connectivity index (χ0v) is 17.5. The highest BCUT2D eigenvalue weighted by Crippen LogP contribution is 2.24. The Morgan fingerprint density at radius 2 is 2.00 bits per heavy atom. The molecule has 1 aromatic carbocycles. The third-order valence-corrected chi connectivity index (χ3v) is 6.04. The number of halogens is 3. The Labute approximate surface area is 175 Å². The SMILES string of the molecule is Cc1c(C(=O)NCCOCC(F)(F)F)ccc2c1=CC(CCC1CCNCC1)CC=2. The molecule has 0 saturated carbocycles. The zero-order chi connectivity index (χ0) is 21.6. The van der Waals surface area contributed by atoms with Gasteiger partial charge in [-0.3, -0.25) is 4.79 Å². The van der Waals surface area contributed by atoms with E-state index < -0.39 is 12.8 Å². The van der Waals surface area contributed by atoms with Crippen LogP contribution >= 0.6 is 0 Å². The minimum Gasteiger partial charge on any atom is -0.370 e. The van der Waals surface area contributed by atoms with Gasteiger partial charge in [0.1, 0.15) is 6.61 Å². The van der Waals surface area contributed by atoms with E-state index in [-0.39, 0.29) is 19.1 Å². The van der Waals surface area contributed by atoms with E-state index in [1.165, 1.54) is 19.3 Å². The van der Waals surface area contributed by atoms with Gasteiger partial charge in [-0.2, -0.15) is 13.2 Å². The summed E-state index contributed by atoms with van der Waals surface area (Å²) in [4.78, 5) is 12.5. The van der Waals surface area contributed by atoms with Gasteiger partial charge in [-0.05, 0) is 86.0 Å². The lowest BCUT2D eigenvalue weighted by atomic mass is 9.85. The van der Waals surface area contributed by atoms with Crippen LogP contribution in [-0.4, -0.2) is 44.9 Å². The second kappa shape index (κ2) is 10.4. The van der Waals surface area contributed by atoms with Gasteiger partial charge in [-0.25, -0.2) is 0 Å². The van der Waals surface area contributed by atoms with Crippen molar-refractivity contribution in [3.05, 3.63) is 33.7 Å². The molecule has 1 saturated heterocycles. The monoisotopic (exact) mass is 424 g/mol. The normalized spacial score (nSPS) is 19.5. The summed E-state index contributed by atoms with van der Waals surface area (Å²) >= 11 is 0. The molecule has 166 valence electrons. The molecule has 1 atom stereocenters. The van der Waals surface area contributed by atoms with Crippen LogP contribution in [-0.2, 0) is 4.74 Å². The number of amides is 1. The van der Waals surface area contributed by atoms with Crippen molar-refractivity contribution in [2.45, 2.75) is 45.2 Å². The molecule has 4 nitrogen and oxygen atoms in total. The van der Waals surface area contributed by atoms with Crippen LogP contribution in [0.25, 0.3) is 12.2 Å². The number of carbonyl (C=O) groups excluding carboxylic acids is 1. The molecule has 1 aromatic rings. The smallest absolute Gasteiger partial charge is 0.370 e. The van der Waals surface area contributed by atoms with Crippen molar-refractivity contribution in [3.63, 3.8) is 0 Å². The maximum absolute atomic E-state index is 12.5. The van der Waals surface area contributed by atoms with E-state index in [2.05, 4.69) is 27.5 Å². The third kappa shape index (κ3) is 6.57. The van der Waals surface area contributed by atoms with E-state index in [1.54, 1.807) is 6.07 Å². The lowest BCUT2D eigenvalue weighted by Gasteiger charge is -2.24. The number of ether oxygens (including phenoxy) is 1. The Bertz CT molecular complexity index is 845. The summed E-state index contributed by atoms with van der Waals surface area (Å²) in [5.41, 5.74) is 1.48. The Morgan fingerprint density at radius 3 is 2.73 bits per heavy atom. The number of hydrogen-bond acceptors (Lipinski definition) is 3. The third-order valence-electron chi connectivity index (χ3n) is 6.04. The van der Waals surface area contributed by atoms with Gasteiger partial charge in [0.2, 0.25) is 0 Å². The highest BCUT2D eigenvalue weighted by molar-refractivity contribution is 5.95. The molecule has 1 amide bonds. The Hall–Kier alpha value is -1.86. The van der Waals surface area contributed by atoms with E-state index in [0.29, 0.717) is 11.5 Å². The van der Waals surface area contributed by atoms with Crippen LogP contribution in [0, 0.1) is 18.8 Å². The molecule has 1 heterocycles. The van der Waals surface area contributed by atoms with Gasteiger partial charge in [0.15, 0.2) is 0 Å². The van der Waals surface area contributed by atoms with E-state index in [0.717, 1.165) is 47.8 Å². The van der Waals surface area contributed by atoms with Crippen molar-refractivity contribution in [1.29, 1.82) is 0 Å². The molecule has 0 bridgehead atoms. The predicted molar refractivity (Wildman–Crippen MR) is 112 cm³/mol. The Balaban J connectivity index is 1.58. The maximum Gasteiger partial charge on any atom is 0.411 e. The topological polar surface area (TPSA) is 50.4 Å². The number of nitrogens with one attached hydrogen (secondary N) is 2. The first-order valence-corrected chi connectivity index (χ1v) is 10.8. The van der Waals surface area contributed by atoms with E-state index in [4.69, 9.17) is 0 Å². The largest absolute Gasteiger partial charge is 0.411 e. The van der Waals surface area contributed by atoms with E-state index in [9.17, 15) is 18.0 Å². The number of benzene rings is 1. The summed E-state index contributed by atoms with van der Waals surface area (Å²) in [6, 6.07) is 3.75. The fourth-order valence-electron chi connectivity index (χ4n) is 4.32. The molecule has 3 rings (SSSR count). The van der Waals surface area contributed by atoms with Crippen LogP contribution in [0.5, 0.6) is 0 Å². The molecular formula is C23H31F3N2O2. The van der Waals surface area contributed by atoms with Gasteiger partial charge in [0, 0.05) is 12.1 Å². The molecule has 1 unspecified atom stereocenters. The Kier molecular flexibility index (Phi) is 7.94. The fraction of sp³-hybridized carbons (Fsp3) is 0.609. The minimum atomic E-state index is -4.35. The van der Waals surface area contributed by atoms with Gasteiger partial charge in [0.05, 0.1) is 6.61 Å². The van der Waals surface area contributed by atoms with Crippen LogP contribution in [0.4, 0.5) is 13.2 Å². The van der Waals surface area contributed by atoms with E-state index >= 15 is 0 Å². The first-order chi connectivity index (χ1) is 14.3. The molecule has 2 N–H and O–H groups in total. The number of hydrogen-bond donors (Lipinski definition) is 2. The van der Waals surface area contributed by atoms with Gasteiger partial charge < -0.3 is 15.4 Å². The van der Waals surface area contributed by atoms with Gasteiger partial charge in [0.25, 0.3) is 5.91 Å². The molecule has 0 spiro atoms. The van der Waals surface area contributed by atoms with Crippen LogP contribution < -0.4 is 21.1 Å². The highest BCUT2D eigenvalue weighted by atomic mass is 19.4. The predicted octanol–water partition coefficient (Wildman–Crippen LogP) is 2.66. The first-order valence-electron chi connectivity index (χ1n) is 10.8. The first kappa shape index (κ1) is 22.8. The summed E-state index contributed by atoms with van der Waals surface area (Å²) in [5, 5.41) is 8.32. The quantitative estimate of drug-likeness (QED) is 0.631. The summed E-state index contributed by atoms with van der Waals surface area (Å²) < 4.78 is 40.8. The van der Waals surface area contributed by atoms with Crippen LogP contribution in [0.15, 0.2) is 12.1 Å². The molecule has 2 aliphatic rings. The number of piperidine rings is 1. The van der Waals surface area contributed by atoms with Crippen molar-refractivity contribution < 1.29 is 22.7 Å². The molecule has 1 aliphatic carbocycles. The van der Waals surface area contributed by atoms with Crippen molar-refractivity contribution in [2.75, 3.05) is 32.8 Å². The van der Waals surface area contributed by atoms with Crippen LogP contribution in [0.2, 0.25) is 0 Å². The summed E-state index contributed by atoms with van der Waals surface area (Å²) in [5.74, 6) is 1.01. The summed E-state index contributed by atoms with van der Waals surface area (Å²) in [6.07, 6.45) is 6.13. The number of rotatable bonds is 8. The molecular weight excluding hydrogens is 393 g/mol. The maximum atomic E-state index is 12.5. The molecule has 0 aromatic heterocycles. The van der Waals surface area contributed by atoms with Crippen molar-refractivity contribution in [1.82, 2.24) is 10.6 Å². The molecule has 1 fully saturated rings. The van der Waals surface area contributed by atoms with Crippen LogP contribution in [0.1, 0.15) is 48.0 Å². The lowest BCUT2D eigenvalue weighted by Crippen LogP contribution is -2.36. The van der Waals surface area contributed by atoms with Gasteiger partial charge in [-0.15, -0.1) is 0 Å². The summed E-state index contributed by atoms with van der Waals surface area (Å²) in [6.45, 7) is 2.74. The van der Waals surface area contributed by atoms with E-state index in [1.807, 2.05) is 13.0 Å². The van der Waals surface area contributed by atoms with Crippen molar-refractivity contribution >= 4 is 18.1 Å². The second-order valence-electron chi connectivity index (χ2n) is 8.30. The molecule has 30 heavy (non-hydrogen) atoms. The highest BCUT2D eigenvalue weighted by Gasteiger charge is 2.27. The lowest BCUT2D eigenvalue weighted by molar-refractivity contribution is -0.173. The molecule has 0 radical (unpaired) electrons. The van der Waals surface area contributed by atoms with Crippen LogP contribution in [0.3, 0.4) is 0 Å². The van der Waals surface area contributed by atoms with Gasteiger partial charge in [-0.1, -0.05) is 18.2 Å². The average molecular weight is 425 g/mol. The number of alkyl halides is 3. The standard InChI is InChI=1S/C23H31F3N2O2/c1-16-20(22(29)28-12-13-30-15-23(24,25)26)7-6-19-5-4-18(14-21(16)19)3-2-17-8-10-27-11-9-17/h5-7,14,17-18,27H,2-4,8-13,15H2,1H3,(H,28,29). The van der Waals surface area contributed by atoms with Crippen molar-refractivity contribution in [3.8, 4) is 0 Å². The van der Waals surface area contributed by atoms with Crippen molar-refractivity contribution in [2.24, 2.45) is 11.8 Å². The zero-order valence-electron chi connectivity index (χ0n) is 17.5. The number of carbonyl (C=O) groups is 1.